The molecule has 8 nitrogen and oxygen atoms in total. The van der Waals surface area contributed by atoms with E-state index in [-0.39, 0.29) is 20.6 Å². The minimum atomic E-state index is -4.24. The number of aromatic nitrogens is 3. The van der Waals surface area contributed by atoms with Crippen molar-refractivity contribution < 1.29 is 18.3 Å². The van der Waals surface area contributed by atoms with Gasteiger partial charge in [0.1, 0.15) is 16.1 Å². The highest BCUT2D eigenvalue weighted by Crippen LogP contribution is 2.31. The highest BCUT2D eigenvalue weighted by Gasteiger charge is 2.28. The van der Waals surface area contributed by atoms with Crippen molar-refractivity contribution in [1.82, 2.24) is 14.5 Å². The Labute approximate surface area is 242 Å². The largest absolute Gasteiger partial charge is 0.480 e. The van der Waals surface area contributed by atoms with Gasteiger partial charge < -0.3 is 9.67 Å². The van der Waals surface area contributed by atoms with Crippen LogP contribution in [0.3, 0.4) is 0 Å². The molecular formula is C26H19Cl2IN4O4S. The molecule has 0 amide bonds. The van der Waals surface area contributed by atoms with Crippen LogP contribution in [-0.4, -0.2) is 40.6 Å². The van der Waals surface area contributed by atoms with Crippen LogP contribution in [0, 0.1) is 3.70 Å². The summed E-state index contributed by atoms with van der Waals surface area (Å²) in [6.45, 7) is -0.765. The zero-order valence-corrected chi connectivity index (χ0v) is 23.9. The molecule has 0 bridgehead atoms. The number of hydrogen-bond acceptors (Lipinski definition) is 5. The van der Waals surface area contributed by atoms with Crippen LogP contribution in [0.2, 0.25) is 10.0 Å². The zero-order valence-electron chi connectivity index (χ0n) is 19.4. The predicted molar refractivity (Wildman–Crippen MR) is 157 cm³/mol. The van der Waals surface area contributed by atoms with Gasteiger partial charge in [-0.25, -0.2) is 13.4 Å². The van der Waals surface area contributed by atoms with E-state index in [0.29, 0.717) is 5.82 Å². The second kappa shape index (κ2) is 12.1. The molecule has 3 heterocycles. The van der Waals surface area contributed by atoms with Gasteiger partial charge in [-0.2, -0.15) is 0 Å². The Kier molecular flexibility index (Phi) is 8.87. The van der Waals surface area contributed by atoms with E-state index in [1.54, 1.807) is 36.7 Å². The quantitative estimate of drug-likeness (QED) is 0.167. The Morgan fingerprint density at radius 2 is 1.61 bits per heavy atom. The summed E-state index contributed by atoms with van der Waals surface area (Å²) in [6.07, 6.45) is 5.26. The Balaban J connectivity index is 0.000000417. The molecule has 5 rings (SSSR count). The van der Waals surface area contributed by atoms with Crippen LogP contribution in [0.5, 0.6) is 0 Å². The Bertz CT molecular complexity index is 1660. The van der Waals surface area contributed by atoms with Gasteiger partial charge >= 0.3 is 5.97 Å². The second-order valence-corrected chi connectivity index (χ2v) is 11.6. The van der Waals surface area contributed by atoms with Gasteiger partial charge in [-0.05, 0) is 89.3 Å². The first kappa shape index (κ1) is 27.8. The lowest BCUT2D eigenvalue weighted by molar-refractivity contribution is -0.135. The Hall–Kier alpha value is -3.19. The van der Waals surface area contributed by atoms with Gasteiger partial charge in [-0.3, -0.25) is 14.1 Å². The molecule has 0 radical (unpaired) electrons. The van der Waals surface area contributed by atoms with Crippen molar-refractivity contribution in [2.45, 2.75) is 4.90 Å². The first-order valence-corrected chi connectivity index (χ1v) is 14.2. The fourth-order valence-corrected chi connectivity index (χ4v) is 6.07. The predicted octanol–water partition coefficient (Wildman–Crippen LogP) is 6.30. The highest BCUT2D eigenvalue weighted by atomic mass is 127. The van der Waals surface area contributed by atoms with Gasteiger partial charge in [0.05, 0.1) is 16.1 Å². The van der Waals surface area contributed by atoms with Gasteiger partial charge in [0.2, 0.25) is 0 Å². The number of carbonyl (C=O) groups is 1. The summed E-state index contributed by atoms with van der Waals surface area (Å²) in [5.74, 6) is -0.600. The van der Waals surface area contributed by atoms with Crippen LogP contribution in [0.1, 0.15) is 0 Å². The molecule has 3 aromatic heterocycles. The van der Waals surface area contributed by atoms with Crippen molar-refractivity contribution in [3.05, 3.63) is 111 Å². The van der Waals surface area contributed by atoms with Gasteiger partial charge in [0.25, 0.3) is 10.0 Å². The number of benzene rings is 2. The standard InChI is InChI=1S/C21H15Cl2N3O4S.C5H4IN/c22-15-10-16(23)12-18(11-15)31(29,30)26(13-21(27)28)17-4-5-19-14(9-17)6-8-25(19)20-3-1-2-7-24-20;6-5-3-1-2-4-7-5/h1-12H,13H2,(H,27,28);1-4H. The van der Waals surface area contributed by atoms with E-state index in [1.165, 1.54) is 18.2 Å². The fraction of sp³-hybridized carbons (Fsp3) is 0.0385. The molecule has 5 aromatic rings. The van der Waals surface area contributed by atoms with Crippen LogP contribution in [0.4, 0.5) is 5.69 Å². The number of nitrogens with zero attached hydrogens (tertiary/aromatic N) is 4. The van der Waals surface area contributed by atoms with Crippen LogP contribution >= 0.6 is 45.8 Å². The van der Waals surface area contributed by atoms with E-state index >= 15 is 0 Å². The number of carboxylic acids is 1. The molecule has 0 saturated carbocycles. The summed E-state index contributed by atoms with van der Waals surface area (Å²) in [5.41, 5.74) is 0.991. The van der Waals surface area contributed by atoms with Crippen molar-refractivity contribution in [2.75, 3.05) is 10.8 Å². The monoisotopic (exact) mass is 680 g/mol. The van der Waals surface area contributed by atoms with Gasteiger partial charge in [0.15, 0.2) is 0 Å². The third-order valence-electron chi connectivity index (χ3n) is 5.19. The second-order valence-electron chi connectivity index (χ2n) is 7.78. The molecule has 12 heteroatoms. The first-order valence-electron chi connectivity index (χ1n) is 10.9. The number of anilines is 1. The number of pyridine rings is 2. The smallest absolute Gasteiger partial charge is 0.324 e. The molecule has 0 aliphatic heterocycles. The van der Waals surface area contributed by atoms with Crippen LogP contribution in [0.15, 0.2) is 102 Å². The SMILES string of the molecule is Ic1ccccn1.O=C(O)CN(c1ccc2c(ccn2-c2ccccn2)c1)S(=O)(=O)c1cc(Cl)cc(Cl)c1. The molecular weight excluding hydrogens is 662 g/mol. The van der Waals surface area contributed by atoms with Crippen LogP contribution in [-0.2, 0) is 14.8 Å². The average molecular weight is 681 g/mol. The molecule has 1 N–H and O–H groups in total. The average Bonchev–Trinajstić information content (AvgIpc) is 3.31. The van der Waals surface area contributed by atoms with Crippen molar-refractivity contribution in [2.24, 2.45) is 0 Å². The van der Waals surface area contributed by atoms with Crippen LogP contribution in [0.25, 0.3) is 16.7 Å². The molecule has 0 unspecified atom stereocenters. The molecule has 0 aliphatic rings. The molecule has 2 aromatic carbocycles. The van der Waals surface area contributed by atoms with E-state index in [2.05, 4.69) is 32.6 Å². The summed E-state index contributed by atoms with van der Waals surface area (Å²) in [5, 5.41) is 10.3. The van der Waals surface area contributed by atoms with E-state index in [9.17, 15) is 18.3 Å². The minimum Gasteiger partial charge on any atom is -0.480 e. The number of halogens is 3. The normalized spacial score (nSPS) is 11.0. The summed E-state index contributed by atoms with van der Waals surface area (Å²) in [7, 11) is -4.24. The number of fused-ring (bicyclic) bond motifs is 1. The van der Waals surface area contributed by atoms with Crippen molar-refractivity contribution in [3.63, 3.8) is 0 Å². The van der Waals surface area contributed by atoms with E-state index < -0.39 is 22.5 Å². The lowest BCUT2D eigenvalue weighted by atomic mass is 10.2. The molecule has 0 atom stereocenters. The highest BCUT2D eigenvalue weighted by molar-refractivity contribution is 14.1. The molecule has 0 spiro atoms. The number of hydrogen-bond donors (Lipinski definition) is 1. The molecule has 0 saturated heterocycles. The maximum absolute atomic E-state index is 13.3. The van der Waals surface area contributed by atoms with E-state index in [1.807, 2.05) is 47.2 Å². The van der Waals surface area contributed by atoms with Crippen LogP contribution < -0.4 is 4.31 Å². The molecule has 0 fully saturated rings. The van der Waals surface area contributed by atoms with Crippen molar-refractivity contribution in [1.29, 1.82) is 0 Å². The van der Waals surface area contributed by atoms with Gasteiger partial charge in [0, 0.05) is 34.0 Å². The summed E-state index contributed by atoms with van der Waals surface area (Å²) < 4.78 is 30.2. The third kappa shape index (κ3) is 6.62. The maximum Gasteiger partial charge on any atom is 0.324 e. The zero-order chi connectivity index (χ0) is 27.3. The summed E-state index contributed by atoms with van der Waals surface area (Å²) in [6, 6.07) is 21.9. The minimum absolute atomic E-state index is 0.129. The third-order valence-corrected chi connectivity index (χ3v) is 8.02. The first-order chi connectivity index (χ1) is 18.1. The number of aliphatic carboxylic acids is 1. The number of carboxylic acid groups (broad SMARTS) is 1. The lowest BCUT2D eigenvalue weighted by Gasteiger charge is -2.23. The fourth-order valence-electron chi connectivity index (χ4n) is 3.57. The summed E-state index contributed by atoms with van der Waals surface area (Å²) >= 11 is 14.1. The van der Waals surface area contributed by atoms with E-state index in [4.69, 9.17) is 23.2 Å². The molecule has 0 aliphatic carbocycles. The Morgan fingerprint density at radius 1 is 0.921 bits per heavy atom. The summed E-state index contributed by atoms with van der Waals surface area (Å²) in [4.78, 5) is 19.6. The topological polar surface area (TPSA) is 105 Å². The lowest BCUT2D eigenvalue weighted by Crippen LogP contribution is -2.35. The molecule has 38 heavy (non-hydrogen) atoms. The van der Waals surface area contributed by atoms with Crippen molar-refractivity contribution in [3.8, 4) is 5.82 Å². The van der Waals surface area contributed by atoms with Gasteiger partial charge in [-0.15, -0.1) is 0 Å². The number of sulfonamides is 1. The maximum atomic E-state index is 13.3. The Morgan fingerprint density at radius 3 is 2.16 bits per heavy atom. The van der Waals surface area contributed by atoms with Crippen molar-refractivity contribution >= 4 is 78.4 Å². The molecule has 194 valence electrons. The number of rotatable bonds is 6. The van der Waals surface area contributed by atoms with Gasteiger partial charge in [-0.1, -0.05) is 35.3 Å². The van der Waals surface area contributed by atoms with E-state index in [0.717, 1.165) is 18.9 Å².